The second kappa shape index (κ2) is 23.5. The van der Waals surface area contributed by atoms with E-state index in [0.717, 1.165) is 55.7 Å². The number of carbonyl (C=O) groups is 2. The van der Waals surface area contributed by atoms with Crippen LogP contribution in [0.2, 0.25) is 0 Å². The first-order valence-corrected chi connectivity index (χ1v) is 20.7. The van der Waals surface area contributed by atoms with E-state index in [1.807, 2.05) is 74.1 Å². The number of benzene rings is 2. The first-order chi connectivity index (χ1) is 23.0. The van der Waals surface area contributed by atoms with E-state index in [4.69, 9.17) is 5.11 Å². The van der Waals surface area contributed by atoms with Crippen LogP contribution < -0.4 is 0 Å². The van der Waals surface area contributed by atoms with Gasteiger partial charge in [0.15, 0.2) is 0 Å². The van der Waals surface area contributed by atoms with E-state index in [-0.39, 0.29) is 12.0 Å². The number of hydrogen-bond donors (Lipinski definition) is 1. The molecule has 1 N–H and O–H groups in total. The van der Waals surface area contributed by atoms with E-state index < -0.39 is 0 Å². The maximum absolute atomic E-state index is 10.6. The average Bonchev–Trinajstić information content (AvgIpc) is 3.03. The van der Waals surface area contributed by atoms with Crippen LogP contribution in [-0.4, -0.2) is 41.5 Å². The third-order valence-electron chi connectivity index (χ3n) is 7.74. The van der Waals surface area contributed by atoms with Gasteiger partial charge in [-0.3, -0.25) is 9.59 Å². The molecule has 2 aromatic carbocycles. The Morgan fingerprint density at radius 1 is 0.560 bits per heavy atom. The molecule has 280 valence electrons. The molecular weight excluding hydrogens is 673 g/mol. The molecule has 0 atom stereocenters. The molecule has 0 heterocycles. The summed E-state index contributed by atoms with van der Waals surface area (Å²) in [5, 5.41) is 9.15. The topological polar surface area (TPSA) is 54.4 Å². The van der Waals surface area contributed by atoms with Crippen molar-refractivity contribution in [2.24, 2.45) is 21.7 Å². The highest BCUT2D eigenvalue weighted by Gasteiger charge is 2.21. The minimum absolute atomic E-state index is 0.150. The Kier molecular flexibility index (Phi) is 22.6. The van der Waals surface area contributed by atoms with Gasteiger partial charge in [0, 0.05) is 26.4 Å². The van der Waals surface area contributed by atoms with Gasteiger partial charge in [0.05, 0.1) is 6.61 Å². The van der Waals surface area contributed by atoms with Crippen LogP contribution in [0, 0.1) is 21.7 Å². The number of unbranched alkanes of at least 4 members (excludes halogenated alkanes) is 1. The molecule has 50 heavy (non-hydrogen) atoms. The molecule has 0 amide bonds. The highest BCUT2D eigenvalue weighted by Crippen LogP contribution is 2.35. The zero-order chi connectivity index (χ0) is 38.6. The van der Waals surface area contributed by atoms with E-state index in [1.165, 1.54) is 32.1 Å². The lowest BCUT2D eigenvalue weighted by molar-refractivity contribution is 0.111. The van der Waals surface area contributed by atoms with E-state index >= 15 is 0 Å². The molecule has 0 aliphatic heterocycles. The smallest absolute Gasteiger partial charge is 0.150 e. The van der Waals surface area contributed by atoms with Gasteiger partial charge in [-0.25, -0.2) is 0 Å². The summed E-state index contributed by atoms with van der Waals surface area (Å²) < 4.78 is 0. The van der Waals surface area contributed by atoms with Crippen LogP contribution in [0.1, 0.15) is 140 Å². The summed E-state index contributed by atoms with van der Waals surface area (Å²) in [6.07, 6.45) is 7.85. The monoisotopic (exact) mass is 740 g/mol. The molecule has 0 aromatic heterocycles. The summed E-state index contributed by atoms with van der Waals surface area (Å²) >= 11 is 5.38. The van der Waals surface area contributed by atoms with E-state index in [0.29, 0.717) is 27.4 Å². The standard InChI is InChI=1S/C17H24OS.C15H20OS.C12H24OS/c1-14(16-9-7-15(13-18)8-10-16)19-12-6-5-11-17(2,3)4;1-12(17-10-9-15(2,3)4)14-7-5-13(11-16)6-8-14;1-10(12(5,6)9-13)14-8-7-11(2,3)4/h7-10,13H,1,5-6,11-12H2,2-4H3;5-8,11H,1,9-10H2,2-4H3;13H,1,7-9H2,2-6H3. The van der Waals surface area contributed by atoms with Crippen molar-refractivity contribution in [1.82, 2.24) is 0 Å². The summed E-state index contributed by atoms with van der Waals surface area (Å²) in [4.78, 5) is 24.4. The lowest BCUT2D eigenvalue weighted by Gasteiger charge is -2.25. The number of rotatable bonds is 17. The predicted octanol–water partition coefficient (Wildman–Crippen LogP) is 13.7. The van der Waals surface area contributed by atoms with Crippen LogP contribution in [0.4, 0.5) is 0 Å². The van der Waals surface area contributed by atoms with E-state index in [1.54, 1.807) is 23.5 Å². The molecule has 2 aromatic rings. The largest absolute Gasteiger partial charge is 0.395 e. The molecule has 0 unspecified atom stereocenters. The SMILES string of the molecule is C=C(SCCC(C)(C)C)C(C)(C)CO.C=C(SCCC(C)(C)C)c1ccc(C=O)cc1.C=C(SCCCCC(C)(C)C)c1ccc(C=O)cc1. The van der Waals surface area contributed by atoms with Gasteiger partial charge in [-0.1, -0.05) is 151 Å². The first-order valence-electron chi connectivity index (χ1n) is 17.7. The third kappa shape index (κ3) is 24.2. The lowest BCUT2D eigenvalue weighted by atomic mass is 9.90. The minimum atomic E-state index is -0.150. The Balaban J connectivity index is 0.000000730. The van der Waals surface area contributed by atoms with Crippen LogP contribution in [-0.2, 0) is 0 Å². The molecule has 0 fully saturated rings. The number of hydrogen-bond acceptors (Lipinski definition) is 6. The Morgan fingerprint density at radius 3 is 1.26 bits per heavy atom. The van der Waals surface area contributed by atoms with Crippen molar-refractivity contribution in [2.45, 2.75) is 108 Å². The van der Waals surface area contributed by atoms with Crippen molar-refractivity contribution < 1.29 is 14.7 Å². The lowest BCUT2D eigenvalue weighted by Crippen LogP contribution is -2.18. The van der Waals surface area contributed by atoms with E-state index in [9.17, 15) is 9.59 Å². The molecule has 6 heteroatoms. The summed E-state index contributed by atoms with van der Waals surface area (Å²) in [6.45, 7) is 36.7. The van der Waals surface area contributed by atoms with Crippen LogP contribution in [0.15, 0.2) is 73.2 Å². The van der Waals surface area contributed by atoms with Gasteiger partial charge in [0.25, 0.3) is 0 Å². The Labute approximate surface area is 320 Å². The van der Waals surface area contributed by atoms with Crippen molar-refractivity contribution in [2.75, 3.05) is 23.9 Å². The third-order valence-corrected chi connectivity index (χ3v) is 11.1. The van der Waals surface area contributed by atoms with Gasteiger partial charge >= 0.3 is 0 Å². The second-order valence-corrected chi connectivity index (χ2v) is 20.5. The number of aldehydes is 2. The van der Waals surface area contributed by atoms with E-state index in [2.05, 4.69) is 82.1 Å². The predicted molar refractivity (Wildman–Crippen MR) is 231 cm³/mol. The molecular formula is C44H68O3S3. The van der Waals surface area contributed by atoms with Crippen molar-refractivity contribution >= 4 is 57.7 Å². The maximum Gasteiger partial charge on any atom is 0.150 e. The van der Waals surface area contributed by atoms with Crippen LogP contribution in [0.3, 0.4) is 0 Å². The van der Waals surface area contributed by atoms with Crippen molar-refractivity contribution in [1.29, 1.82) is 0 Å². The van der Waals surface area contributed by atoms with Gasteiger partial charge in [-0.2, -0.15) is 0 Å². The fraction of sp³-hybridized carbons (Fsp3) is 0.545. The summed E-state index contributed by atoms with van der Waals surface area (Å²) in [5.74, 6) is 3.29. The van der Waals surface area contributed by atoms with Crippen molar-refractivity contribution in [3.8, 4) is 0 Å². The fourth-order valence-electron chi connectivity index (χ4n) is 3.86. The fourth-order valence-corrected chi connectivity index (χ4v) is 7.44. The van der Waals surface area contributed by atoms with Crippen LogP contribution in [0.5, 0.6) is 0 Å². The number of thioether (sulfide) groups is 3. The highest BCUT2D eigenvalue weighted by molar-refractivity contribution is 8.08. The number of aliphatic hydroxyl groups is 1. The van der Waals surface area contributed by atoms with Crippen molar-refractivity contribution in [3.05, 3.63) is 95.4 Å². The maximum atomic E-state index is 10.6. The van der Waals surface area contributed by atoms with Gasteiger partial charge < -0.3 is 5.11 Å². The van der Waals surface area contributed by atoms with Gasteiger partial charge in [-0.05, 0) is 75.2 Å². The Bertz CT molecular complexity index is 1300. The molecule has 0 radical (unpaired) electrons. The summed E-state index contributed by atoms with van der Waals surface area (Å²) in [7, 11) is 0. The summed E-state index contributed by atoms with van der Waals surface area (Å²) in [5.41, 5.74) is 4.69. The average molecular weight is 741 g/mol. The number of carbonyl (C=O) groups excluding carboxylic acids is 2. The van der Waals surface area contributed by atoms with Gasteiger partial charge in [-0.15, -0.1) is 35.3 Å². The van der Waals surface area contributed by atoms with Gasteiger partial charge in [0.2, 0.25) is 0 Å². The molecule has 0 spiro atoms. The van der Waals surface area contributed by atoms with Crippen LogP contribution >= 0.6 is 35.3 Å². The number of aliphatic hydroxyl groups excluding tert-OH is 1. The second-order valence-electron chi connectivity index (χ2n) is 17.0. The van der Waals surface area contributed by atoms with Crippen molar-refractivity contribution in [3.63, 3.8) is 0 Å². The normalized spacial score (nSPS) is 11.8. The quantitative estimate of drug-likeness (QED) is 0.129. The molecule has 0 aliphatic rings. The van der Waals surface area contributed by atoms with Gasteiger partial charge in [0.1, 0.15) is 12.6 Å². The molecule has 3 nitrogen and oxygen atoms in total. The molecule has 0 saturated carbocycles. The Hall–Kier alpha value is -1.99. The zero-order valence-electron chi connectivity index (χ0n) is 33.2. The minimum Gasteiger partial charge on any atom is -0.395 e. The summed E-state index contributed by atoms with van der Waals surface area (Å²) in [6, 6.07) is 15.2. The molecule has 0 saturated heterocycles. The highest BCUT2D eigenvalue weighted by atomic mass is 32.2. The Morgan fingerprint density at radius 2 is 0.920 bits per heavy atom. The molecule has 2 rings (SSSR count). The molecule has 0 bridgehead atoms. The zero-order valence-corrected chi connectivity index (χ0v) is 35.7. The molecule has 0 aliphatic carbocycles. The first kappa shape index (κ1) is 48.0. The van der Waals surface area contributed by atoms with Crippen LogP contribution in [0.25, 0.3) is 9.81 Å².